The molecule has 2 nitrogen and oxygen atoms in total. The van der Waals surface area contributed by atoms with Gasteiger partial charge < -0.3 is 4.74 Å². The van der Waals surface area contributed by atoms with Crippen molar-refractivity contribution < 1.29 is 9.53 Å². The second-order valence-corrected chi connectivity index (χ2v) is 12.5. The second-order valence-electron chi connectivity index (χ2n) is 7.48. The van der Waals surface area contributed by atoms with Gasteiger partial charge in [0.15, 0.2) is 0 Å². The summed E-state index contributed by atoms with van der Waals surface area (Å²) in [5.74, 6) is -0.374. The quantitative estimate of drug-likeness (QED) is 0.503. The topological polar surface area (TPSA) is 26.3 Å². The molecule has 0 unspecified atom stereocenters. The third kappa shape index (κ3) is 6.02. The molecule has 2 aromatic rings. The summed E-state index contributed by atoms with van der Waals surface area (Å²) in [6.45, 7) is 6.90. The number of carbonyl (C=O) groups excluding carboxylic acids is 1. The fraction of sp³-hybridized carbons (Fsp3) is 0.318. The van der Waals surface area contributed by atoms with E-state index in [1.165, 1.54) is 7.11 Å². The fourth-order valence-electron chi connectivity index (χ4n) is 2.92. The molecule has 0 aliphatic carbocycles. The van der Waals surface area contributed by atoms with Crippen LogP contribution in [-0.2, 0) is 16.0 Å². The molecule has 0 aromatic heterocycles. The van der Waals surface area contributed by atoms with E-state index in [-0.39, 0.29) is 17.8 Å². The van der Waals surface area contributed by atoms with Crippen LogP contribution in [0.15, 0.2) is 72.4 Å². The van der Waals surface area contributed by atoms with Crippen molar-refractivity contribution in [2.45, 2.75) is 32.0 Å². The Bertz CT molecular complexity index is 687. The third-order valence-corrected chi connectivity index (χ3v) is 5.42. The van der Waals surface area contributed by atoms with Crippen molar-refractivity contribution in [3.8, 4) is 0 Å². The van der Waals surface area contributed by atoms with Gasteiger partial charge in [-0.1, -0.05) is 92.1 Å². The van der Waals surface area contributed by atoms with Crippen LogP contribution >= 0.6 is 0 Å². The number of benzene rings is 2. The zero-order valence-electron chi connectivity index (χ0n) is 15.6. The van der Waals surface area contributed by atoms with Crippen LogP contribution in [0.1, 0.15) is 17.0 Å². The summed E-state index contributed by atoms with van der Waals surface area (Å²) < 4.78 is 5.16. The van der Waals surface area contributed by atoms with E-state index in [1.54, 1.807) is 0 Å². The molecule has 2 atom stereocenters. The van der Waals surface area contributed by atoms with Gasteiger partial charge in [0.05, 0.1) is 21.1 Å². The molecule has 132 valence electrons. The molecular weight excluding hydrogens is 324 g/mol. The zero-order valence-corrected chi connectivity index (χ0v) is 16.6. The monoisotopic (exact) mass is 352 g/mol. The highest BCUT2D eigenvalue weighted by Crippen LogP contribution is 2.31. The predicted octanol–water partition coefficient (Wildman–Crippen LogP) is 5.24. The standard InChI is InChI=1S/C22H28O2Si/c1-24-22(23)21(17-18-11-7-5-8-12-18)20(15-16-25(2,3)4)19-13-9-6-10-14-19/h5-16,20-21H,17H2,1-4H3/b16-15+/t20-,21-/m0/s1. The fourth-order valence-corrected chi connectivity index (χ4v) is 3.71. The molecule has 0 aliphatic heterocycles. The zero-order chi connectivity index (χ0) is 18.3. The number of allylic oxidation sites excluding steroid dienone is 1. The van der Waals surface area contributed by atoms with E-state index in [0.717, 1.165) is 11.1 Å². The number of ether oxygens (including phenoxy) is 1. The Balaban J connectivity index is 2.41. The summed E-state index contributed by atoms with van der Waals surface area (Å²) in [5.41, 5.74) is 4.63. The minimum Gasteiger partial charge on any atom is -0.469 e. The van der Waals surface area contributed by atoms with Crippen molar-refractivity contribution in [2.24, 2.45) is 5.92 Å². The molecule has 0 N–H and O–H groups in total. The molecule has 0 saturated heterocycles. The average molecular weight is 353 g/mol. The van der Waals surface area contributed by atoms with Crippen molar-refractivity contribution in [1.82, 2.24) is 0 Å². The lowest BCUT2D eigenvalue weighted by atomic mass is 9.82. The largest absolute Gasteiger partial charge is 0.469 e. The van der Waals surface area contributed by atoms with E-state index < -0.39 is 8.07 Å². The van der Waals surface area contributed by atoms with E-state index in [1.807, 2.05) is 36.4 Å². The Kier molecular flexibility index (Phi) is 6.77. The van der Waals surface area contributed by atoms with Crippen LogP contribution in [0.5, 0.6) is 0 Å². The lowest BCUT2D eigenvalue weighted by Crippen LogP contribution is -2.26. The Morgan fingerprint density at radius 1 is 1.00 bits per heavy atom. The maximum absolute atomic E-state index is 12.6. The second kappa shape index (κ2) is 8.81. The number of hydrogen-bond donors (Lipinski definition) is 0. The molecule has 0 fully saturated rings. The van der Waals surface area contributed by atoms with Crippen LogP contribution < -0.4 is 0 Å². The third-order valence-electron chi connectivity index (χ3n) is 4.22. The molecular formula is C22H28O2Si. The smallest absolute Gasteiger partial charge is 0.309 e. The normalized spacial score (nSPS) is 14.2. The van der Waals surface area contributed by atoms with Crippen molar-refractivity contribution >= 4 is 14.0 Å². The van der Waals surface area contributed by atoms with Gasteiger partial charge in [-0.3, -0.25) is 4.79 Å². The highest BCUT2D eigenvalue weighted by molar-refractivity contribution is 6.80. The summed E-state index contributed by atoms with van der Waals surface area (Å²) in [5, 5.41) is 0. The number of esters is 1. The minimum absolute atomic E-state index is 0.0144. The van der Waals surface area contributed by atoms with Gasteiger partial charge in [0.2, 0.25) is 0 Å². The molecule has 3 heteroatoms. The van der Waals surface area contributed by atoms with Gasteiger partial charge in [0.1, 0.15) is 0 Å². The molecule has 0 spiro atoms. The highest BCUT2D eigenvalue weighted by Gasteiger charge is 2.29. The van der Waals surface area contributed by atoms with Crippen LogP contribution in [0.25, 0.3) is 0 Å². The van der Waals surface area contributed by atoms with Crippen molar-refractivity contribution in [3.05, 3.63) is 83.6 Å². The maximum Gasteiger partial charge on any atom is 0.309 e. The van der Waals surface area contributed by atoms with E-state index in [2.05, 4.69) is 55.7 Å². The Labute approximate surface area is 152 Å². The summed E-state index contributed by atoms with van der Waals surface area (Å²) in [6, 6.07) is 20.4. The summed E-state index contributed by atoms with van der Waals surface area (Å²) in [4.78, 5) is 12.6. The molecule has 0 radical (unpaired) electrons. The molecule has 0 amide bonds. The molecule has 2 aromatic carbocycles. The number of hydrogen-bond acceptors (Lipinski definition) is 2. The maximum atomic E-state index is 12.6. The van der Waals surface area contributed by atoms with Gasteiger partial charge >= 0.3 is 5.97 Å². The summed E-state index contributed by atoms with van der Waals surface area (Å²) in [7, 11) is 0.108. The minimum atomic E-state index is -1.37. The van der Waals surface area contributed by atoms with Crippen molar-refractivity contribution in [3.63, 3.8) is 0 Å². The van der Waals surface area contributed by atoms with Gasteiger partial charge in [-0.15, -0.1) is 0 Å². The molecule has 25 heavy (non-hydrogen) atoms. The first kappa shape index (κ1) is 19.2. The Morgan fingerprint density at radius 2 is 1.56 bits per heavy atom. The number of methoxy groups -OCH3 is 1. The number of rotatable bonds is 7. The van der Waals surface area contributed by atoms with Crippen molar-refractivity contribution in [2.75, 3.05) is 7.11 Å². The SMILES string of the molecule is COC(=O)[C@@H](Cc1ccccc1)[C@@H](/C=C/[Si](C)(C)C)c1ccccc1. The van der Waals surface area contributed by atoms with E-state index in [0.29, 0.717) is 6.42 Å². The lowest BCUT2D eigenvalue weighted by molar-refractivity contribution is -0.145. The van der Waals surface area contributed by atoms with E-state index >= 15 is 0 Å². The number of carbonyl (C=O) groups is 1. The van der Waals surface area contributed by atoms with Crippen LogP contribution in [0.3, 0.4) is 0 Å². The van der Waals surface area contributed by atoms with Crippen LogP contribution in [0, 0.1) is 5.92 Å². The Morgan fingerprint density at radius 3 is 2.08 bits per heavy atom. The highest BCUT2D eigenvalue weighted by atomic mass is 28.3. The van der Waals surface area contributed by atoms with Crippen molar-refractivity contribution in [1.29, 1.82) is 0 Å². The van der Waals surface area contributed by atoms with Gasteiger partial charge in [0, 0.05) is 5.92 Å². The predicted molar refractivity (Wildman–Crippen MR) is 107 cm³/mol. The van der Waals surface area contributed by atoms with Crippen LogP contribution in [0.2, 0.25) is 19.6 Å². The van der Waals surface area contributed by atoms with Crippen LogP contribution in [-0.4, -0.2) is 21.2 Å². The lowest BCUT2D eigenvalue weighted by Gasteiger charge is -2.24. The first-order valence-electron chi connectivity index (χ1n) is 8.77. The van der Waals surface area contributed by atoms with Gasteiger partial charge in [0.25, 0.3) is 0 Å². The Hall–Kier alpha value is -2.13. The van der Waals surface area contributed by atoms with Gasteiger partial charge in [-0.05, 0) is 17.5 Å². The first-order chi connectivity index (χ1) is 11.9. The summed E-state index contributed by atoms with van der Waals surface area (Å²) >= 11 is 0. The molecule has 0 aliphatic rings. The van der Waals surface area contributed by atoms with E-state index in [9.17, 15) is 4.79 Å². The molecule has 2 rings (SSSR count). The van der Waals surface area contributed by atoms with Gasteiger partial charge in [-0.2, -0.15) is 0 Å². The molecule has 0 heterocycles. The molecule has 0 saturated carbocycles. The van der Waals surface area contributed by atoms with Gasteiger partial charge in [-0.25, -0.2) is 0 Å². The summed E-state index contributed by atoms with van der Waals surface area (Å²) in [6.07, 6.45) is 2.90. The average Bonchev–Trinajstić information content (AvgIpc) is 2.61. The van der Waals surface area contributed by atoms with E-state index in [4.69, 9.17) is 4.74 Å². The van der Waals surface area contributed by atoms with Crippen LogP contribution in [0.4, 0.5) is 0 Å². The molecule has 0 bridgehead atoms. The first-order valence-corrected chi connectivity index (χ1v) is 12.3.